The second-order valence-corrected chi connectivity index (χ2v) is 11.7. The van der Waals surface area contributed by atoms with Crippen molar-refractivity contribution in [2.24, 2.45) is 0 Å². The molecule has 0 spiro atoms. The number of hydrogen-bond donors (Lipinski definition) is 1. The molecular weight excluding hydrogens is 587 g/mol. The van der Waals surface area contributed by atoms with Crippen LogP contribution in [0, 0.1) is 6.92 Å². The van der Waals surface area contributed by atoms with Gasteiger partial charge in [-0.3, -0.25) is 9.36 Å². The van der Waals surface area contributed by atoms with Gasteiger partial charge >= 0.3 is 6.18 Å². The fourth-order valence-corrected chi connectivity index (χ4v) is 6.10. The molecule has 1 aliphatic rings. The third kappa shape index (κ3) is 5.77. The summed E-state index contributed by atoms with van der Waals surface area (Å²) in [4.78, 5) is 28.6. The number of alkyl halides is 3. The van der Waals surface area contributed by atoms with Gasteiger partial charge in [-0.25, -0.2) is 9.97 Å². The van der Waals surface area contributed by atoms with Gasteiger partial charge in [-0.05, 0) is 43.5 Å². The predicted molar refractivity (Wildman–Crippen MR) is 158 cm³/mol. The first-order valence-corrected chi connectivity index (χ1v) is 14.5. The number of thiazole rings is 1. The standard InChI is InChI=1S/C30H25ClF3N5O2S/c1-17-14-35-27(42-17)18-6-7-22(25(31)13-18)23-12-20-15-36-29(37-21-8-10-41-11-9-21)38-26(20)39(28(23)40)16-19-4-2-3-5-24(19)30(32,33)34/h2-7,12-15,21H,8-11,16H2,1H3,(H,36,37,38). The van der Waals surface area contributed by atoms with Crippen LogP contribution in [0.3, 0.4) is 0 Å². The maximum atomic E-state index is 14.1. The van der Waals surface area contributed by atoms with Crippen molar-refractivity contribution < 1.29 is 17.9 Å². The number of ether oxygens (including phenoxy) is 1. The van der Waals surface area contributed by atoms with E-state index in [0.717, 1.165) is 34.4 Å². The Balaban J connectivity index is 1.49. The maximum absolute atomic E-state index is 14.1. The molecule has 1 saturated heterocycles. The minimum Gasteiger partial charge on any atom is -0.381 e. The van der Waals surface area contributed by atoms with Gasteiger partial charge in [0.05, 0.1) is 12.1 Å². The lowest BCUT2D eigenvalue weighted by Crippen LogP contribution is -2.29. The fraction of sp³-hybridized carbons (Fsp3) is 0.267. The van der Waals surface area contributed by atoms with E-state index in [1.165, 1.54) is 34.1 Å². The molecule has 0 amide bonds. The minimum absolute atomic E-state index is 0.0521. The highest BCUT2D eigenvalue weighted by Crippen LogP contribution is 2.35. The average Bonchev–Trinajstić information content (AvgIpc) is 3.41. The Morgan fingerprint density at radius 2 is 1.86 bits per heavy atom. The third-order valence-corrected chi connectivity index (χ3v) is 8.43. The first kappa shape index (κ1) is 28.3. The third-order valence-electron chi connectivity index (χ3n) is 7.16. The van der Waals surface area contributed by atoms with E-state index in [-0.39, 0.29) is 29.4 Å². The van der Waals surface area contributed by atoms with Crippen molar-refractivity contribution in [1.29, 1.82) is 0 Å². The van der Waals surface area contributed by atoms with E-state index < -0.39 is 17.3 Å². The molecule has 0 aliphatic carbocycles. The van der Waals surface area contributed by atoms with Crippen molar-refractivity contribution in [3.05, 3.63) is 92.3 Å². The van der Waals surface area contributed by atoms with Crippen molar-refractivity contribution in [2.75, 3.05) is 18.5 Å². The molecule has 0 radical (unpaired) electrons. The van der Waals surface area contributed by atoms with E-state index in [1.807, 2.05) is 13.0 Å². The molecule has 6 rings (SSSR count). The lowest BCUT2D eigenvalue weighted by atomic mass is 10.0. The second kappa shape index (κ2) is 11.5. The SMILES string of the molecule is Cc1cnc(-c2ccc(-c3cc4cnc(NC5CCOCC5)nc4n(Cc4ccccc4C(F)(F)F)c3=O)c(Cl)c2)s1. The number of nitrogens with one attached hydrogen (secondary N) is 1. The summed E-state index contributed by atoms with van der Waals surface area (Å²) >= 11 is 8.22. The lowest BCUT2D eigenvalue weighted by molar-refractivity contribution is -0.138. The van der Waals surface area contributed by atoms with Crippen LogP contribution in [0.1, 0.15) is 28.8 Å². The Bertz CT molecular complexity index is 1830. The zero-order chi connectivity index (χ0) is 29.4. The summed E-state index contributed by atoms with van der Waals surface area (Å²) < 4.78 is 48.4. The number of pyridine rings is 1. The van der Waals surface area contributed by atoms with Gasteiger partial charge in [0.2, 0.25) is 5.95 Å². The molecule has 216 valence electrons. The van der Waals surface area contributed by atoms with E-state index in [1.54, 1.807) is 30.6 Å². The van der Waals surface area contributed by atoms with Gasteiger partial charge in [0.25, 0.3) is 5.56 Å². The Kier molecular flexibility index (Phi) is 7.73. The first-order valence-electron chi connectivity index (χ1n) is 13.3. The van der Waals surface area contributed by atoms with E-state index >= 15 is 0 Å². The maximum Gasteiger partial charge on any atom is 0.416 e. The van der Waals surface area contributed by atoms with Crippen molar-refractivity contribution in [3.63, 3.8) is 0 Å². The molecule has 7 nitrogen and oxygen atoms in total. The van der Waals surface area contributed by atoms with Crippen LogP contribution in [0.5, 0.6) is 0 Å². The highest BCUT2D eigenvalue weighted by Gasteiger charge is 2.33. The van der Waals surface area contributed by atoms with Gasteiger partial charge in [-0.1, -0.05) is 41.9 Å². The van der Waals surface area contributed by atoms with E-state index in [0.29, 0.717) is 35.1 Å². The highest BCUT2D eigenvalue weighted by atomic mass is 35.5. The number of nitrogens with zero attached hydrogens (tertiary/aromatic N) is 4. The molecule has 4 heterocycles. The Morgan fingerprint density at radius 1 is 1.07 bits per heavy atom. The molecular formula is C30H25ClF3N5O2S. The van der Waals surface area contributed by atoms with Gasteiger partial charge in [-0.2, -0.15) is 18.2 Å². The Labute approximate surface area is 248 Å². The van der Waals surface area contributed by atoms with E-state index in [2.05, 4.69) is 20.3 Å². The van der Waals surface area contributed by atoms with E-state index in [9.17, 15) is 18.0 Å². The van der Waals surface area contributed by atoms with Crippen LogP contribution in [-0.4, -0.2) is 38.8 Å². The van der Waals surface area contributed by atoms with Crippen LogP contribution >= 0.6 is 22.9 Å². The van der Waals surface area contributed by atoms with Crippen LogP contribution < -0.4 is 10.9 Å². The summed E-state index contributed by atoms with van der Waals surface area (Å²) in [7, 11) is 0. The van der Waals surface area contributed by atoms with Gasteiger partial charge in [0.15, 0.2) is 0 Å². The van der Waals surface area contributed by atoms with Crippen molar-refractivity contribution in [2.45, 2.75) is 38.5 Å². The van der Waals surface area contributed by atoms with Crippen LogP contribution in [0.4, 0.5) is 19.1 Å². The monoisotopic (exact) mass is 611 g/mol. The predicted octanol–water partition coefficient (Wildman–Crippen LogP) is 7.20. The summed E-state index contributed by atoms with van der Waals surface area (Å²) in [6.45, 7) is 2.82. The topological polar surface area (TPSA) is 81.9 Å². The van der Waals surface area contributed by atoms with Crippen LogP contribution in [0.15, 0.2) is 65.7 Å². The largest absolute Gasteiger partial charge is 0.416 e. The molecule has 0 atom stereocenters. The number of fused-ring (bicyclic) bond motifs is 1. The minimum atomic E-state index is -4.59. The molecule has 1 aliphatic heterocycles. The summed E-state index contributed by atoms with van der Waals surface area (Å²) in [5, 5.41) is 4.87. The van der Waals surface area contributed by atoms with E-state index in [4.69, 9.17) is 16.3 Å². The van der Waals surface area contributed by atoms with Crippen LogP contribution in [-0.2, 0) is 17.5 Å². The summed E-state index contributed by atoms with van der Waals surface area (Å²) in [6, 6.07) is 12.2. The van der Waals surface area contributed by atoms with Gasteiger partial charge in [0, 0.05) is 63.6 Å². The molecule has 5 aromatic rings. The number of rotatable bonds is 6. The highest BCUT2D eigenvalue weighted by molar-refractivity contribution is 7.14. The average molecular weight is 612 g/mol. The Hall–Kier alpha value is -3.80. The molecule has 3 aromatic heterocycles. The summed E-state index contributed by atoms with van der Waals surface area (Å²) in [6.07, 6.45) is 0.279. The number of aromatic nitrogens is 4. The fourth-order valence-electron chi connectivity index (χ4n) is 5.05. The van der Waals surface area contributed by atoms with Crippen molar-refractivity contribution >= 4 is 39.9 Å². The molecule has 12 heteroatoms. The normalized spacial score (nSPS) is 14.4. The smallest absolute Gasteiger partial charge is 0.381 e. The van der Waals surface area contributed by atoms with Crippen molar-refractivity contribution in [1.82, 2.24) is 19.5 Å². The molecule has 0 saturated carbocycles. The van der Waals surface area contributed by atoms with Gasteiger partial charge in [0.1, 0.15) is 10.7 Å². The summed E-state index contributed by atoms with van der Waals surface area (Å²) in [5.41, 5.74) is 0.311. The van der Waals surface area contributed by atoms with Gasteiger partial charge in [-0.15, -0.1) is 11.3 Å². The van der Waals surface area contributed by atoms with Crippen LogP contribution in [0.2, 0.25) is 5.02 Å². The molecule has 2 aromatic carbocycles. The van der Waals surface area contributed by atoms with Gasteiger partial charge < -0.3 is 10.1 Å². The lowest BCUT2D eigenvalue weighted by Gasteiger charge is -2.23. The number of hydrogen-bond acceptors (Lipinski definition) is 7. The molecule has 42 heavy (non-hydrogen) atoms. The first-order chi connectivity index (χ1) is 20.2. The quantitative estimate of drug-likeness (QED) is 0.219. The molecule has 1 fully saturated rings. The zero-order valence-electron chi connectivity index (χ0n) is 22.4. The molecule has 0 bridgehead atoms. The number of anilines is 1. The summed E-state index contributed by atoms with van der Waals surface area (Å²) in [5.74, 6) is 0.292. The zero-order valence-corrected chi connectivity index (χ0v) is 24.0. The number of benzene rings is 2. The second-order valence-electron chi connectivity index (χ2n) is 10.1. The molecule has 0 unspecified atom stereocenters. The van der Waals surface area contributed by atoms with Crippen LogP contribution in [0.25, 0.3) is 32.7 Å². The number of aryl methyl sites for hydroxylation is 1. The van der Waals surface area contributed by atoms with Crippen molar-refractivity contribution in [3.8, 4) is 21.7 Å². The number of halogens is 4. The molecule has 1 N–H and O–H groups in total. The Morgan fingerprint density at radius 3 is 2.57 bits per heavy atom.